The smallest absolute Gasteiger partial charge is 0.270 e. The Bertz CT molecular complexity index is 913. The predicted octanol–water partition coefficient (Wildman–Crippen LogP) is 3.94. The van der Waals surface area contributed by atoms with Crippen molar-refractivity contribution < 1.29 is 14.5 Å². The van der Waals surface area contributed by atoms with Gasteiger partial charge in [-0.05, 0) is 37.1 Å². The lowest BCUT2D eigenvalue weighted by atomic mass is 10.1. The Morgan fingerprint density at radius 2 is 2.04 bits per heavy atom. The molecular weight excluding hydrogens is 358 g/mol. The Balaban J connectivity index is 1.84. The van der Waals surface area contributed by atoms with Crippen LogP contribution in [0.3, 0.4) is 0 Å². The molecule has 7 nitrogen and oxygen atoms in total. The van der Waals surface area contributed by atoms with Gasteiger partial charge in [0.2, 0.25) is 5.91 Å². The van der Waals surface area contributed by atoms with Crippen LogP contribution >= 0.6 is 11.6 Å². The molecule has 1 heterocycles. The number of anilines is 2. The summed E-state index contributed by atoms with van der Waals surface area (Å²) in [6, 6.07) is 8.99. The molecule has 0 bridgehead atoms. The molecule has 1 fully saturated rings. The van der Waals surface area contributed by atoms with Gasteiger partial charge in [0.25, 0.3) is 11.6 Å². The lowest BCUT2D eigenvalue weighted by Gasteiger charge is -2.19. The third kappa shape index (κ3) is 3.52. The number of hydrogen-bond acceptors (Lipinski definition) is 4. The van der Waals surface area contributed by atoms with E-state index in [0.717, 1.165) is 23.7 Å². The molecule has 2 aromatic rings. The standard InChI is InChI=1S/C18H16ClN3O4/c1-11-4-5-12(9-16(11)21-8-2-3-17(21)23)20-18(24)14-7-6-13(22(25)26)10-15(14)19/h4-7,9-10H,2-3,8H2,1H3,(H,20,24). The number of carbonyl (C=O) groups excluding carboxylic acids is 2. The van der Waals surface area contributed by atoms with Crippen molar-refractivity contribution in [1.29, 1.82) is 0 Å². The van der Waals surface area contributed by atoms with Gasteiger partial charge in [0.05, 0.1) is 15.5 Å². The summed E-state index contributed by atoms with van der Waals surface area (Å²) in [6.07, 6.45) is 1.34. The largest absolute Gasteiger partial charge is 0.322 e. The van der Waals surface area contributed by atoms with E-state index >= 15 is 0 Å². The number of benzene rings is 2. The van der Waals surface area contributed by atoms with Crippen molar-refractivity contribution in [1.82, 2.24) is 0 Å². The SMILES string of the molecule is Cc1ccc(NC(=O)c2ccc([N+](=O)[O-])cc2Cl)cc1N1CCCC1=O. The summed E-state index contributed by atoms with van der Waals surface area (Å²) in [5.41, 5.74) is 2.17. The second kappa shape index (κ2) is 7.13. The maximum atomic E-state index is 12.5. The second-order valence-electron chi connectivity index (χ2n) is 6.03. The molecular formula is C18H16ClN3O4. The molecule has 2 aromatic carbocycles. The molecule has 26 heavy (non-hydrogen) atoms. The van der Waals surface area contributed by atoms with Crippen molar-refractivity contribution in [3.05, 3.63) is 62.7 Å². The van der Waals surface area contributed by atoms with E-state index in [1.807, 2.05) is 13.0 Å². The molecule has 1 aliphatic heterocycles. The van der Waals surface area contributed by atoms with Gasteiger partial charge >= 0.3 is 0 Å². The third-order valence-corrected chi connectivity index (χ3v) is 4.55. The molecule has 0 unspecified atom stereocenters. The van der Waals surface area contributed by atoms with Crippen LogP contribution in [0.2, 0.25) is 5.02 Å². The Morgan fingerprint density at radius 3 is 2.65 bits per heavy atom. The van der Waals surface area contributed by atoms with Gasteiger partial charge in [-0.15, -0.1) is 0 Å². The Labute approximate surface area is 154 Å². The van der Waals surface area contributed by atoms with E-state index in [2.05, 4.69) is 5.32 Å². The number of rotatable bonds is 4. The van der Waals surface area contributed by atoms with Crippen molar-refractivity contribution in [2.75, 3.05) is 16.8 Å². The van der Waals surface area contributed by atoms with Gasteiger partial charge < -0.3 is 10.2 Å². The Hall–Kier alpha value is -2.93. The third-order valence-electron chi connectivity index (χ3n) is 4.24. The van der Waals surface area contributed by atoms with Crippen molar-refractivity contribution in [2.24, 2.45) is 0 Å². The molecule has 1 aliphatic rings. The number of nitrogens with zero attached hydrogens (tertiary/aromatic N) is 2. The van der Waals surface area contributed by atoms with Crippen LogP contribution < -0.4 is 10.2 Å². The molecule has 134 valence electrons. The zero-order valence-electron chi connectivity index (χ0n) is 14.0. The minimum Gasteiger partial charge on any atom is -0.322 e. The first-order valence-corrected chi connectivity index (χ1v) is 8.41. The Morgan fingerprint density at radius 1 is 1.27 bits per heavy atom. The lowest BCUT2D eigenvalue weighted by Crippen LogP contribution is -2.24. The molecule has 3 rings (SSSR count). The number of carbonyl (C=O) groups is 2. The fraction of sp³-hybridized carbons (Fsp3) is 0.222. The molecule has 0 spiro atoms. The first-order chi connectivity index (χ1) is 12.4. The number of amides is 2. The number of halogens is 1. The minimum absolute atomic E-state index is 0.00115. The minimum atomic E-state index is -0.577. The van der Waals surface area contributed by atoms with Crippen LogP contribution in [0.5, 0.6) is 0 Å². The van der Waals surface area contributed by atoms with Crippen LogP contribution in [0.25, 0.3) is 0 Å². The second-order valence-corrected chi connectivity index (χ2v) is 6.43. The maximum Gasteiger partial charge on any atom is 0.270 e. The summed E-state index contributed by atoms with van der Waals surface area (Å²) in [6.45, 7) is 2.56. The lowest BCUT2D eigenvalue weighted by molar-refractivity contribution is -0.384. The average Bonchev–Trinajstić information content (AvgIpc) is 3.02. The van der Waals surface area contributed by atoms with Gasteiger partial charge in [-0.3, -0.25) is 19.7 Å². The molecule has 1 saturated heterocycles. The summed E-state index contributed by atoms with van der Waals surface area (Å²) >= 11 is 6.00. The average molecular weight is 374 g/mol. The molecule has 0 saturated carbocycles. The van der Waals surface area contributed by atoms with Crippen LogP contribution in [0.4, 0.5) is 17.1 Å². The molecule has 8 heteroatoms. The molecule has 1 N–H and O–H groups in total. The summed E-state index contributed by atoms with van der Waals surface area (Å²) in [5.74, 6) is -0.414. The summed E-state index contributed by atoms with van der Waals surface area (Å²) < 4.78 is 0. The van der Waals surface area contributed by atoms with E-state index in [1.54, 1.807) is 17.0 Å². The van der Waals surface area contributed by atoms with E-state index in [4.69, 9.17) is 11.6 Å². The summed E-state index contributed by atoms with van der Waals surface area (Å²) in [5, 5.41) is 13.5. The van der Waals surface area contributed by atoms with E-state index in [-0.39, 0.29) is 22.2 Å². The highest BCUT2D eigenvalue weighted by atomic mass is 35.5. The highest BCUT2D eigenvalue weighted by Gasteiger charge is 2.23. The fourth-order valence-corrected chi connectivity index (χ4v) is 3.14. The summed E-state index contributed by atoms with van der Waals surface area (Å²) in [4.78, 5) is 36.3. The van der Waals surface area contributed by atoms with E-state index < -0.39 is 10.8 Å². The van der Waals surface area contributed by atoms with Gasteiger partial charge in [0.1, 0.15) is 0 Å². The van der Waals surface area contributed by atoms with E-state index in [9.17, 15) is 19.7 Å². The highest BCUT2D eigenvalue weighted by molar-refractivity contribution is 6.34. The van der Waals surface area contributed by atoms with Crippen molar-refractivity contribution >= 4 is 40.5 Å². The quantitative estimate of drug-likeness (QED) is 0.649. The van der Waals surface area contributed by atoms with Gasteiger partial charge in [0, 0.05) is 36.5 Å². The van der Waals surface area contributed by atoms with Crippen molar-refractivity contribution in [3.63, 3.8) is 0 Å². The number of nitro benzene ring substituents is 1. The van der Waals surface area contributed by atoms with E-state index in [1.165, 1.54) is 12.1 Å². The molecule has 0 aromatic heterocycles. The van der Waals surface area contributed by atoms with E-state index in [0.29, 0.717) is 18.7 Å². The van der Waals surface area contributed by atoms with Crippen LogP contribution in [0, 0.1) is 17.0 Å². The summed E-state index contributed by atoms with van der Waals surface area (Å²) in [7, 11) is 0. The maximum absolute atomic E-state index is 12.5. The topological polar surface area (TPSA) is 92.5 Å². The number of aryl methyl sites for hydroxylation is 1. The van der Waals surface area contributed by atoms with Crippen LogP contribution in [0.15, 0.2) is 36.4 Å². The fourth-order valence-electron chi connectivity index (χ4n) is 2.88. The van der Waals surface area contributed by atoms with Crippen LogP contribution in [-0.2, 0) is 4.79 Å². The molecule has 2 amide bonds. The van der Waals surface area contributed by atoms with Gasteiger partial charge in [-0.1, -0.05) is 17.7 Å². The first-order valence-electron chi connectivity index (χ1n) is 8.03. The molecule has 0 atom stereocenters. The number of non-ortho nitro benzene ring substituents is 1. The normalized spacial score (nSPS) is 13.8. The predicted molar refractivity (Wildman–Crippen MR) is 98.8 cm³/mol. The van der Waals surface area contributed by atoms with Crippen molar-refractivity contribution in [3.8, 4) is 0 Å². The monoisotopic (exact) mass is 373 g/mol. The number of nitrogens with one attached hydrogen (secondary N) is 1. The van der Waals surface area contributed by atoms with Gasteiger partial charge in [0.15, 0.2) is 0 Å². The zero-order chi connectivity index (χ0) is 18.8. The van der Waals surface area contributed by atoms with Crippen LogP contribution in [-0.4, -0.2) is 23.3 Å². The van der Waals surface area contributed by atoms with Gasteiger partial charge in [-0.25, -0.2) is 0 Å². The highest BCUT2D eigenvalue weighted by Crippen LogP contribution is 2.29. The first kappa shape index (κ1) is 17.9. The number of nitro groups is 1. The zero-order valence-corrected chi connectivity index (χ0v) is 14.7. The number of hydrogen-bond donors (Lipinski definition) is 1. The van der Waals surface area contributed by atoms with Crippen molar-refractivity contribution in [2.45, 2.75) is 19.8 Å². The van der Waals surface area contributed by atoms with Gasteiger partial charge in [-0.2, -0.15) is 0 Å². The Kier molecular flexibility index (Phi) is 4.90. The molecule has 0 aliphatic carbocycles. The van der Waals surface area contributed by atoms with Crippen LogP contribution in [0.1, 0.15) is 28.8 Å². The molecule has 0 radical (unpaired) electrons.